The SMILES string of the molecule is CC1(C)c2ccc(-c3cc4ccccc4o3)cc2-c2c1ccc1c2oc2ccccc21. The Morgan fingerprint density at radius 2 is 1.42 bits per heavy atom. The zero-order valence-corrected chi connectivity index (χ0v) is 17.4. The number of fused-ring (bicyclic) bond motifs is 8. The van der Waals surface area contributed by atoms with Crippen molar-refractivity contribution in [2.24, 2.45) is 0 Å². The summed E-state index contributed by atoms with van der Waals surface area (Å²) < 4.78 is 12.6. The van der Waals surface area contributed by atoms with Gasteiger partial charge >= 0.3 is 0 Å². The van der Waals surface area contributed by atoms with Crippen LogP contribution in [0.25, 0.3) is 55.4 Å². The van der Waals surface area contributed by atoms with Gasteiger partial charge in [-0.3, -0.25) is 0 Å². The summed E-state index contributed by atoms with van der Waals surface area (Å²) in [5, 5.41) is 3.46. The molecular weight excluding hydrogens is 380 g/mol. The number of benzene rings is 4. The highest BCUT2D eigenvalue weighted by Crippen LogP contribution is 2.53. The van der Waals surface area contributed by atoms with E-state index >= 15 is 0 Å². The Kier molecular flexibility index (Phi) is 3.10. The van der Waals surface area contributed by atoms with Crippen molar-refractivity contribution >= 4 is 32.9 Å². The highest BCUT2D eigenvalue weighted by atomic mass is 16.3. The molecule has 2 nitrogen and oxygen atoms in total. The van der Waals surface area contributed by atoms with Crippen LogP contribution in [0.15, 0.2) is 93.8 Å². The van der Waals surface area contributed by atoms with Crippen LogP contribution < -0.4 is 0 Å². The highest BCUT2D eigenvalue weighted by Gasteiger charge is 2.38. The minimum Gasteiger partial charge on any atom is -0.456 e. The molecule has 0 unspecified atom stereocenters. The van der Waals surface area contributed by atoms with Gasteiger partial charge in [-0.1, -0.05) is 74.5 Å². The lowest BCUT2D eigenvalue weighted by atomic mass is 9.82. The molecule has 0 saturated heterocycles. The van der Waals surface area contributed by atoms with Gasteiger partial charge in [-0.25, -0.2) is 0 Å². The van der Waals surface area contributed by atoms with Gasteiger partial charge in [0.2, 0.25) is 0 Å². The molecule has 0 fully saturated rings. The summed E-state index contributed by atoms with van der Waals surface area (Å²) in [5.41, 5.74) is 8.94. The van der Waals surface area contributed by atoms with Crippen molar-refractivity contribution in [2.45, 2.75) is 19.3 Å². The fourth-order valence-corrected chi connectivity index (χ4v) is 5.30. The Bertz CT molecular complexity index is 1630. The third-order valence-electron chi connectivity index (χ3n) is 6.89. The Labute approximate surface area is 179 Å². The Hall–Kier alpha value is -3.78. The molecule has 0 saturated carbocycles. The van der Waals surface area contributed by atoms with Gasteiger partial charge in [0.1, 0.15) is 22.5 Å². The summed E-state index contributed by atoms with van der Waals surface area (Å²) in [6.07, 6.45) is 0. The van der Waals surface area contributed by atoms with Crippen molar-refractivity contribution in [3.8, 4) is 22.5 Å². The van der Waals surface area contributed by atoms with Crippen molar-refractivity contribution in [3.63, 3.8) is 0 Å². The molecule has 1 aliphatic rings. The van der Waals surface area contributed by atoms with Gasteiger partial charge in [0, 0.05) is 32.7 Å². The predicted octanol–water partition coefficient (Wildman–Crippen LogP) is 8.31. The molecule has 31 heavy (non-hydrogen) atoms. The van der Waals surface area contributed by atoms with E-state index in [2.05, 4.69) is 68.4 Å². The van der Waals surface area contributed by atoms with Crippen molar-refractivity contribution < 1.29 is 8.83 Å². The van der Waals surface area contributed by atoms with Crippen LogP contribution in [0.1, 0.15) is 25.0 Å². The lowest BCUT2D eigenvalue weighted by molar-refractivity contribution is 0.631. The van der Waals surface area contributed by atoms with E-state index in [-0.39, 0.29) is 5.41 Å². The molecule has 6 aromatic rings. The Balaban J connectivity index is 1.53. The van der Waals surface area contributed by atoms with E-state index in [0.717, 1.165) is 33.5 Å². The number of rotatable bonds is 1. The molecule has 2 heterocycles. The molecule has 0 spiro atoms. The lowest BCUT2D eigenvalue weighted by Crippen LogP contribution is -2.14. The minimum atomic E-state index is -0.0791. The number of para-hydroxylation sites is 2. The third kappa shape index (κ3) is 2.17. The normalized spacial score (nSPS) is 14.4. The molecule has 0 atom stereocenters. The van der Waals surface area contributed by atoms with Crippen LogP contribution in [0, 0.1) is 0 Å². The molecule has 2 aromatic heterocycles. The van der Waals surface area contributed by atoms with Crippen LogP contribution in [0.3, 0.4) is 0 Å². The maximum atomic E-state index is 6.42. The van der Waals surface area contributed by atoms with E-state index in [4.69, 9.17) is 8.83 Å². The van der Waals surface area contributed by atoms with Crippen molar-refractivity contribution in [1.82, 2.24) is 0 Å². The fourth-order valence-electron chi connectivity index (χ4n) is 5.30. The predicted molar refractivity (Wildman–Crippen MR) is 126 cm³/mol. The second-order valence-electron chi connectivity index (χ2n) is 9.00. The first kappa shape index (κ1) is 17.0. The van der Waals surface area contributed by atoms with Gasteiger partial charge in [0.05, 0.1) is 0 Å². The quantitative estimate of drug-likeness (QED) is 0.277. The summed E-state index contributed by atoms with van der Waals surface area (Å²) in [6.45, 7) is 4.60. The monoisotopic (exact) mass is 400 g/mol. The van der Waals surface area contributed by atoms with E-state index in [9.17, 15) is 0 Å². The van der Waals surface area contributed by atoms with Gasteiger partial charge in [0.25, 0.3) is 0 Å². The van der Waals surface area contributed by atoms with Crippen LogP contribution in [-0.2, 0) is 5.41 Å². The number of furan rings is 2. The van der Waals surface area contributed by atoms with Gasteiger partial charge < -0.3 is 8.83 Å². The molecule has 0 bridgehead atoms. The molecular formula is C29H20O2. The van der Waals surface area contributed by atoms with Gasteiger partial charge in [-0.15, -0.1) is 0 Å². The van der Waals surface area contributed by atoms with E-state index in [0.29, 0.717) is 0 Å². The smallest absolute Gasteiger partial charge is 0.143 e. The molecule has 2 heteroatoms. The zero-order valence-electron chi connectivity index (χ0n) is 17.4. The molecule has 0 radical (unpaired) electrons. The molecule has 148 valence electrons. The topological polar surface area (TPSA) is 26.3 Å². The fraction of sp³-hybridized carbons (Fsp3) is 0.103. The molecule has 0 amide bonds. The average Bonchev–Trinajstić information content (AvgIpc) is 3.44. The maximum absolute atomic E-state index is 6.42. The largest absolute Gasteiger partial charge is 0.456 e. The molecule has 0 N–H and O–H groups in total. The van der Waals surface area contributed by atoms with Crippen LogP contribution in [-0.4, -0.2) is 0 Å². The second-order valence-corrected chi connectivity index (χ2v) is 9.00. The zero-order chi connectivity index (χ0) is 20.7. The van der Waals surface area contributed by atoms with Crippen molar-refractivity contribution in [3.05, 3.63) is 96.1 Å². The summed E-state index contributed by atoms with van der Waals surface area (Å²) >= 11 is 0. The second kappa shape index (κ2) is 5.67. The maximum Gasteiger partial charge on any atom is 0.143 e. The van der Waals surface area contributed by atoms with Gasteiger partial charge in [0.15, 0.2) is 0 Å². The van der Waals surface area contributed by atoms with Crippen LogP contribution in [0.5, 0.6) is 0 Å². The van der Waals surface area contributed by atoms with Crippen molar-refractivity contribution in [1.29, 1.82) is 0 Å². The third-order valence-corrected chi connectivity index (χ3v) is 6.89. The van der Waals surface area contributed by atoms with Crippen molar-refractivity contribution in [2.75, 3.05) is 0 Å². The molecule has 1 aliphatic carbocycles. The minimum absolute atomic E-state index is 0.0791. The first-order valence-corrected chi connectivity index (χ1v) is 10.7. The molecule has 0 aliphatic heterocycles. The number of hydrogen-bond donors (Lipinski definition) is 0. The number of hydrogen-bond acceptors (Lipinski definition) is 2. The summed E-state index contributed by atoms with van der Waals surface area (Å²) in [5.74, 6) is 0.895. The van der Waals surface area contributed by atoms with E-state index in [1.54, 1.807) is 0 Å². The first-order valence-electron chi connectivity index (χ1n) is 10.7. The van der Waals surface area contributed by atoms with Crippen LogP contribution in [0.4, 0.5) is 0 Å². The Morgan fingerprint density at radius 1 is 0.645 bits per heavy atom. The standard InChI is InChI=1S/C29H20O2/c1-29(2)22-13-11-18(26-16-17-7-3-5-9-24(17)30-26)15-21(22)27-23(29)14-12-20-19-8-4-6-10-25(19)31-28(20)27/h3-16H,1-2H3. The van der Waals surface area contributed by atoms with Crippen LogP contribution in [0.2, 0.25) is 0 Å². The first-order chi connectivity index (χ1) is 15.1. The Morgan fingerprint density at radius 3 is 2.29 bits per heavy atom. The summed E-state index contributed by atoms with van der Waals surface area (Å²) in [6, 6.07) is 29.8. The molecule has 4 aromatic carbocycles. The average molecular weight is 400 g/mol. The van der Waals surface area contributed by atoms with E-state index in [1.807, 2.05) is 30.3 Å². The van der Waals surface area contributed by atoms with Gasteiger partial charge in [-0.05, 0) is 41.0 Å². The van der Waals surface area contributed by atoms with Gasteiger partial charge in [-0.2, -0.15) is 0 Å². The van der Waals surface area contributed by atoms with E-state index < -0.39 is 0 Å². The summed E-state index contributed by atoms with van der Waals surface area (Å²) in [7, 11) is 0. The molecule has 7 rings (SSSR count). The highest BCUT2D eigenvalue weighted by molar-refractivity contribution is 6.12. The lowest BCUT2D eigenvalue weighted by Gasteiger charge is -2.21. The summed E-state index contributed by atoms with van der Waals surface area (Å²) in [4.78, 5) is 0. The van der Waals surface area contributed by atoms with E-state index in [1.165, 1.54) is 33.0 Å². The van der Waals surface area contributed by atoms with Crippen LogP contribution >= 0.6 is 0 Å².